The predicted molar refractivity (Wildman–Crippen MR) is 137 cm³/mol. The molecule has 9 heteroatoms. The van der Waals surface area contributed by atoms with Crippen LogP contribution in [0.5, 0.6) is 0 Å². The van der Waals surface area contributed by atoms with Gasteiger partial charge in [-0.2, -0.15) is 13.2 Å². The van der Waals surface area contributed by atoms with E-state index in [9.17, 15) is 23.1 Å². The fourth-order valence-corrected chi connectivity index (χ4v) is 5.57. The molecule has 3 aromatic rings. The Morgan fingerprint density at radius 2 is 1.78 bits per heavy atom. The van der Waals surface area contributed by atoms with Gasteiger partial charge in [-0.25, -0.2) is 9.97 Å². The molecule has 2 N–H and O–H groups in total. The Labute approximate surface area is 214 Å². The summed E-state index contributed by atoms with van der Waals surface area (Å²) in [4.78, 5) is 22.4. The van der Waals surface area contributed by atoms with Crippen LogP contribution in [0.4, 0.5) is 19.0 Å². The molecule has 0 atom stereocenters. The van der Waals surface area contributed by atoms with Gasteiger partial charge in [-0.1, -0.05) is 32.0 Å². The quantitative estimate of drug-likeness (QED) is 0.465. The topological polar surface area (TPSA) is 78.4 Å². The van der Waals surface area contributed by atoms with Crippen molar-refractivity contribution in [3.63, 3.8) is 0 Å². The van der Waals surface area contributed by atoms with E-state index < -0.39 is 17.3 Å². The van der Waals surface area contributed by atoms with Crippen molar-refractivity contribution in [2.75, 3.05) is 18.4 Å². The average molecular weight is 515 g/mol. The standard InChI is InChI=1S/C26H27F3N4O2.C2H6/c1-15-7-20(25(35)11-24(12-25)13-33(14-24)17(3)34)9-21-22(15)31-16(2)32-23(21)30-10-18-5-4-6-19(8-18)26(27,28)29;1-2/h4-9,35H,10-14H2,1-3H3,(H,30,31,32);1-2H3. The number of benzene rings is 2. The average Bonchev–Trinajstić information content (AvgIpc) is 2.80. The zero-order valence-electron chi connectivity index (χ0n) is 21.8. The number of aromatic nitrogens is 2. The molecule has 0 bridgehead atoms. The fourth-order valence-electron chi connectivity index (χ4n) is 5.57. The first-order valence-electron chi connectivity index (χ1n) is 12.5. The van der Waals surface area contributed by atoms with Crippen LogP contribution in [0, 0.1) is 19.3 Å². The number of fused-ring (bicyclic) bond motifs is 1. The van der Waals surface area contributed by atoms with Gasteiger partial charge >= 0.3 is 6.18 Å². The van der Waals surface area contributed by atoms with Crippen LogP contribution in [0.1, 0.15) is 61.7 Å². The minimum Gasteiger partial charge on any atom is -0.385 e. The molecular weight excluding hydrogens is 481 g/mol. The van der Waals surface area contributed by atoms with E-state index in [1.165, 1.54) is 6.07 Å². The second-order valence-corrected chi connectivity index (χ2v) is 10.1. The van der Waals surface area contributed by atoms with Crippen molar-refractivity contribution < 1.29 is 23.1 Å². The molecule has 1 aromatic heterocycles. The number of rotatable bonds is 4. The van der Waals surface area contributed by atoms with Crippen LogP contribution in [0.3, 0.4) is 0 Å². The second-order valence-electron chi connectivity index (χ2n) is 10.1. The lowest BCUT2D eigenvalue weighted by molar-refractivity contribution is -0.199. The molecule has 1 aliphatic heterocycles. The minimum absolute atomic E-state index is 0.0301. The third-order valence-electron chi connectivity index (χ3n) is 7.19. The number of nitrogens with one attached hydrogen (secondary N) is 1. The first kappa shape index (κ1) is 26.9. The van der Waals surface area contributed by atoms with E-state index in [1.54, 1.807) is 24.8 Å². The molecule has 198 valence electrons. The molecule has 0 radical (unpaired) electrons. The Balaban J connectivity index is 0.00000156. The number of carbonyl (C=O) groups is 1. The Hall–Kier alpha value is -3.20. The van der Waals surface area contributed by atoms with Crippen molar-refractivity contribution in [2.24, 2.45) is 5.41 Å². The van der Waals surface area contributed by atoms with E-state index >= 15 is 0 Å². The Kier molecular flexibility index (Phi) is 6.96. The van der Waals surface area contributed by atoms with E-state index in [4.69, 9.17) is 0 Å². The number of likely N-dealkylation sites (tertiary alicyclic amines) is 1. The first-order valence-corrected chi connectivity index (χ1v) is 12.5. The summed E-state index contributed by atoms with van der Waals surface area (Å²) in [5, 5.41) is 15.3. The monoisotopic (exact) mass is 514 g/mol. The molecule has 1 amide bonds. The van der Waals surface area contributed by atoms with Gasteiger partial charge in [-0.3, -0.25) is 4.79 Å². The van der Waals surface area contributed by atoms with Crippen LogP contribution in [-0.2, 0) is 23.1 Å². The largest absolute Gasteiger partial charge is 0.416 e. The lowest BCUT2D eigenvalue weighted by Gasteiger charge is -2.62. The summed E-state index contributed by atoms with van der Waals surface area (Å²) in [6.45, 7) is 10.7. The summed E-state index contributed by atoms with van der Waals surface area (Å²) in [7, 11) is 0. The molecule has 5 rings (SSSR count). The van der Waals surface area contributed by atoms with E-state index in [1.807, 2.05) is 32.9 Å². The second kappa shape index (κ2) is 9.59. The van der Waals surface area contributed by atoms with E-state index in [0.29, 0.717) is 48.5 Å². The molecule has 2 aliphatic rings. The van der Waals surface area contributed by atoms with Crippen molar-refractivity contribution in [1.29, 1.82) is 0 Å². The third-order valence-corrected chi connectivity index (χ3v) is 7.19. The summed E-state index contributed by atoms with van der Waals surface area (Å²) in [6.07, 6.45) is -3.25. The van der Waals surface area contributed by atoms with Gasteiger partial charge < -0.3 is 15.3 Å². The normalized spacial score (nSPS) is 17.5. The van der Waals surface area contributed by atoms with E-state index in [0.717, 1.165) is 28.8 Å². The minimum atomic E-state index is -4.41. The highest BCUT2D eigenvalue weighted by atomic mass is 19.4. The maximum atomic E-state index is 13.1. The van der Waals surface area contributed by atoms with Crippen molar-refractivity contribution in [2.45, 2.75) is 65.8 Å². The number of aryl methyl sites for hydroxylation is 2. The lowest BCUT2D eigenvalue weighted by Crippen LogP contribution is -2.67. The van der Waals surface area contributed by atoms with Crippen LogP contribution in [0.25, 0.3) is 10.9 Å². The maximum Gasteiger partial charge on any atom is 0.416 e. The van der Waals surface area contributed by atoms with E-state index in [2.05, 4.69) is 15.3 Å². The zero-order valence-corrected chi connectivity index (χ0v) is 21.8. The summed E-state index contributed by atoms with van der Waals surface area (Å²) >= 11 is 0. The van der Waals surface area contributed by atoms with Gasteiger partial charge in [-0.15, -0.1) is 0 Å². The van der Waals surface area contributed by atoms with Crippen molar-refractivity contribution >= 4 is 22.6 Å². The van der Waals surface area contributed by atoms with Gasteiger partial charge in [0.15, 0.2) is 0 Å². The third kappa shape index (κ3) is 5.14. The summed E-state index contributed by atoms with van der Waals surface area (Å²) in [5.41, 5.74) is 1.15. The SMILES string of the molecule is CC.CC(=O)N1CC2(C1)CC(O)(c1cc(C)c3nc(C)nc(NCc4cccc(C(F)(F)F)c4)c3c1)C2. The molecule has 2 aromatic carbocycles. The number of anilines is 1. The van der Waals surface area contributed by atoms with Crippen molar-refractivity contribution in [3.05, 3.63) is 64.5 Å². The molecule has 37 heavy (non-hydrogen) atoms. The highest BCUT2D eigenvalue weighted by Crippen LogP contribution is 2.58. The van der Waals surface area contributed by atoms with Crippen LogP contribution >= 0.6 is 0 Å². The Morgan fingerprint density at radius 1 is 1.11 bits per heavy atom. The van der Waals surface area contributed by atoms with Crippen LogP contribution < -0.4 is 5.32 Å². The number of aliphatic hydroxyl groups is 1. The van der Waals surface area contributed by atoms with Gasteiger partial charge in [0.1, 0.15) is 11.6 Å². The van der Waals surface area contributed by atoms with Gasteiger partial charge in [-0.05, 0) is 61.6 Å². The predicted octanol–water partition coefficient (Wildman–Crippen LogP) is 5.73. The van der Waals surface area contributed by atoms with Gasteiger partial charge in [0.2, 0.25) is 5.91 Å². The number of hydrogen-bond acceptors (Lipinski definition) is 5. The molecule has 1 aliphatic carbocycles. The molecule has 6 nitrogen and oxygen atoms in total. The Morgan fingerprint density at radius 3 is 2.41 bits per heavy atom. The van der Waals surface area contributed by atoms with Crippen LogP contribution in [0.2, 0.25) is 0 Å². The molecule has 0 unspecified atom stereocenters. The number of halogens is 3. The Bertz CT molecular complexity index is 1320. The molecule has 2 fully saturated rings. The fraction of sp³-hybridized carbons (Fsp3) is 0.464. The maximum absolute atomic E-state index is 13.1. The number of hydrogen-bond donors (Lipinski definition) is 2. The van der Waals surface area contributed by atoms with Gasteiger partial charge in [0, 0.05) is 37.4 Å². The van der Waals surface area contributed by atoms with Crippen molar-refractivity contribution in [1.82, 2.24) is 14.9 Å². The van der Waals surface area contributed by atoms with Crippen LogP contribution in [-0.4, -0.2) is 39.0 Å². The van der Waals surface area contributed by atoms with Gasteiger partial charge in [0.05, 0.1) is 16.7 Å². The lowest BCUT2D eigenvalue weighted by atomic mass is 9.53. The molecule has 2 heterocycles. The summed E-state index contributed by atoms with van der Waals surface area (Å²) in [6, 6.07) is 9.02. The molecule has 1 spiro atoms. The highest BCUT2D eigenvalue weighted by molar-refractivity contribution is 5.92. The number of amides is 1. The molecule has 1 saturated heterocycles. The van der Waals surface area contributed by atoms with E-state index in [-0.39, 0.29) is 17.9 Å². The number of nitrogens with zero attached hydrogens (tertiary/aromatic N) is 3. The van der Waals surface area contributed by atoms with Gasteiger partial charge in [0.25, 0.3) is 0 Å². The molecular formula is C28H33F3N4O2. The zero-order chi connectivity index (χ0) is 27.2. The highest BCUT2D eigenvalue weighted by Gasteiger charge is 2.60. The smallest absolute Gasteiger partial charge is 0.385 e. The van der Waals surface area contributed by atoms with Crippen molar-refractivity contribution in [3.8, 4) is 0 Å². The number of alkyl halides is 3. The summed E-state index contributed by atoms with van der Waals surface area (Å²) in [5.74, 6) is 1.11. The van der Waals surface area contributed by atoms with Crippen LogP contribution in [0.15, 0.2) is 36.4 Å². The number of carbonyl (C=O) groups excluding carboxylic acids is 1. The first-order chi connectivity index (χ1) is 17.4. The summed E-state index contributed by atoms with van der Waals surface area (Å²) < 4.78 is 39.3. The molecule has 1 saturated carbocycles.